The molecule has 0 spiro atoms. The first kappa shape index (κ1) is 27.4. The van der Waals surface area contributed by atoms with Crippen LogP contribution in [-0.2, 0) is 22.4 Å². The molecule has 2 N–H and O–H groups in total. The van der Waals surface area contributed by atoms with Gasteiger partial charge in [-0.2, -0.15) is 0 Å². The Morgan fingerprint density at radius 3 is 2.67 bits per heavy atom. The standard InChI is InChI=1S/C31H48O5/c1-3-5-6-9-25(32)14-15-27-23(13-16-28(27)33)19-22-8-7-10-29(26(22)4-2)35-20-31(34)36-30-18-21-11-12-24(30)17-21/h7-8,10,21,23-25,27-28,30,32-33H,3-6,9,11-20H2,1-2H3/t21?,23-,24?,25+,27-,28-,30?/m1/s1. The summed E-state index contributed by atoms with van der Waals surface area (Å²) in [6.07, 6.45) is 13.8. The summed E-state index contributed by atoms with van der Waals surface area (Å²) in [5.41, 5.74) is 2.41. The maximum absolute atomic E-state index is 12.5. The van der Waals surface area contributed by atoms with Crippen molar-refractivity contribution in [3.63, 3.8) is 0 Å². The van der Waals surface area contributed by atoms with E-state index in [4.69, 9.17) is 9.47 Å². The van der Waals surface area contributed by atoms with E-state index < -0.39 is 0 Å². The SMILES string of the molecule is CCCCC[C@H](O)CC[C@@H]1[C@@H](Cc2cccc(OCC(=O)OC3CC4CCC3C4)c2CC)CC[C@H]1O. The lowest BCUT2D eigenvalue weighted by Gasteiger charge is -2.25. The second kappa shape index (κ2) is 13.3. The quantitative estimate of drug-likeness (QED) is 0.242. The predicted molar refractivity (Wildman–Crippen MR) is 142 cm³/mol. The fourth-order valence-corrected chi connectivity index (χ4v) is 7.26. The highest BCUT2D eigenvalue weighted by atomic mass is 16.6. The van der Waals surface area contributed by atoms with Gasteiger partial charge in [0, 0.05) is 0 Å². The Labute approximate surface area is 218 Å². The summed E-state index contributed by atoms with van der Waals surface area (Å²) < 4.78 is 11.8. The van der Waals surface area contributed by atoms with Crippen molar-refractivity contribution >= 4 is 5.97 Å². The molecular formula is C31H48O5. The summed E-state index contributed by atoms with van der Waals surface area (Å²) in [6.45, 7) is 4.28. The molecule has 3 unspecified atom stereocenters. The van der Waals surface area contributed by atoms with Gasteiger partial charge in [0.2, 0.25) is 0 Å². The van der Waals surface area contributed by atoms with Crippen LogP contribution in [0.4, 0.5) is 0 Å². The van der Waals surface area contributed by atoms with Crippen molar-refractivity contribution in [2.45, 2.75) is 122 Å². The van der Waals surface area contributed by atoms with Crippen LogP contribution in [0, 0.1) is 23.7 Å². The molecule has 202 valence electrons. The Hall–Kier alpha value is -1.59. The van der Waals surface area contributed by atoms with E-state index in [0.717, 1.165) is 75.0 Å². The number of rotatable bonds is 14. The number of hydrogen-bond donors (Lipinski definition) is 2. The number of aliphatic hydroxyl groups is 2. The number of benzene rings is 1. The van der Waals surface area contributed by atoms with Gasteiger partial charge >= 0.3 is 5.97 Å². The highest BCUT2D eigenvalue weighted by molar-refractivity contribution is 5.71. The molecule has 4 rings (SSSR count). The van der Waals surface area contributed by atoms with Crippen molar-refractivity contribution < 1.29 is 24.5 Å². The molecule has 0 amide bonds. The van der Waals surface area contributed by atoms with E-state index in [0.29, 0.717) is 11.8 Å². The van der Waals surface area contributed by atoms with Crippen LogP contribution >= 0.6 is 0 Å². The second-order valence-electron chi connectivity index (χ2n) is 11.7. The molecule has 5 nitrogen and oxygen atoms in total. The van der Waals surface area contributed by atoms with E-state index in [2.05, 4.69) is 19.9 Å². The monoisotopic (exact) mass is 500 g/mol. The Bertz CT molecular complexity index is 838. The summed E-state index contributed by atoms with van der Waals surface area (Å²) in [5, 5.41) is 21.1. The summed E-state index contributed by atoms with van der Waals surface area (Å²) >= 11 is 0. The fraction of sp³-hybridized carbons (Fsp3) is 0.774. The Balaban J connectivity index is 1.31. The zero-order valence-electron chi connectivity index (χ0n) is 22.5. The van der Waals surface area contributed by atoms with E-state index in [9.17, 15) is 15.0 Å². The van der Waals surface area contributed by atoms with Gasteiger partial charge in [0.05, 0.1) is 12.2 Å². The lowest BCUT2D eigenvalue weighted by atomic mass is 9.83. The van der Waals surface area contributed by atoms with Crippen LogP contribution in [0.5, 0.6) is 5.75 Å². The maximum atomic E-state index is 12.5. The number of hydrogen-bond acceptors (Lipinski definition) is 5. The smallest absolute Gasteiger partial charge is 0.344 e. The fourth-order valence-electron chi connectivity index (χ4n) is 7.26. The van der Waals surface area contributed by atoms with Gasteiger partial charge in [0.1, 0.15) is 11.9 Å². The zero-order valence-corrected chi connectivity index (χ0v) is 22.5. The lowest BCUT2D eigenvalue weighted by molar-refractivity contribution is -0.153. The van der Waals surface area contributed by atoms with Crippen LogP contribution in [0.1, 0.15) is 102 Å². The number of ether oxygens (including phenoxy) is 2. The molecule has 0 saturated heterocycles. The maximum Gasteiger partial charge on any atom is 0.344 e. The molecule has 7 atom stereocenters. The molecule has 3 fully saturated rings. The molecule has 3 aliphatic carbocycles. The van der Waals surface area contributed by atoms with Crippen LogP contribution in [0.15, 0.2) is 18.2 Å². The molecule has 3 saturated carbocycles. The van der Waals surface area contributed by atoms with Crippen LogP contribution in [0.3, 0.4) is 0 Å². The molecule has 0 aliphatic heterocycles. The normalized spacial score (nSPS) is 30.0. The van der Waals surface area contributed by atoms with Gasteiger partial charge in [-0.25, -0.2) is 4.79 Å². The Morgan fingerprint density at radius 2 is 1.94 bits per heavy atom. The summed E-state index contributed by atoms with van der Waals surface area (Å²) in [7, 11) is 0. The number of esters is 1. The first-order chi connectivity index (χ1) is 17.5. The second-order valence-corrected chi connectivity index (χ2v) is 11.7. The molecule has 36 heavy (non-hydrogen) atoms. The lowest BCUT2D eigenvalue weighted by Crippen LogP contribution is -2.27. The molecule has 0 radical (unpaired) electrons. The number of unbranched alkanes of at least 4 members (excludes halogenated alkanes) is 2. The topological polar surface area (TPSA) is 76.0 Å². The van der Waals surface area contributed by atoms with Crippen molar-refractivity contribution in [3.05, 3.63) is 29.3 Å². The van der Waals surface area contributed by atoms with Gasteiger partial charge in [-0.3, -0.25) is 0 Å². The molecule has 5 heteroatoms. The first-order valence-corrected chi connectivity index (χ1v) is 14.8. The summed E-state index contributed by atoms with van der Waals surface area (Å²) in [6, 6.07) is 6.14. The van der Waals surface area contributed by atoms with Crippen molar-refractivity contribution in [1.82, 2.24) is 0 Å². The third-order valence-electron chi connectivity index (χ3n) is 9.27. The molecule has 0 heterocycles. The minimum Gasteiger partial charge on any atom is -0.482 e. The van der Waals surface area contributed by atoms with Gasteiger partial charge in [-0.1, -0.05) is 45.2 Å². The Kier molecular flexibility index (Phi) is 10.1. The van der Waals surface area contributed by atoms with Gasteiger partial charge in [0.25, 0.3) is 0 Å². The van der Waals surface area contributed by atoms with Crippen molar-refractivity contribution in [2.24, 2.45) is 23.7 Å². The molecular weight excluding hydrogens is 452 g/mol. The first-order valence-electron chi connectivity index (χ1n) is 14.8. The molecule has 0 aromatic heterocycles. The van der Waals surface area contributed by atoms with Crippen LogP contribution < -0.4 is 4.74 Å². The molecule has 3 aliphatic rings. The predicted octanol–water partition coefficient (Wildman–Crippen LogP) is 6.01. The number of carbonyl (C=O) groups is 1. The van der Waals surface area contributed by atoms with Crippen molar-refractivity contribution in [3.8, 4) is 5.75 Å². The van der Waals surface area contributed by atoms with Crippen molar-refractivity contribution in [1.29, 1.82) is 0 Å². The van der Waals surface area contributed by atoms with E-state index >= 15 is 0 Å². The highest BCUT2D eigenvalue weighted by Gasteiger charge is 2.41. The average molecular weight is 501 g/mol. The number of fused-ring (bicyclic) bond motifs is 2. The minimum absolute atomic E-state index is 0.0367. The third kappa shape index (κ3) is 7.04. The van der Waals surface area contributed by atoms with Crippen LogP contribution in [0.25, 0.3) is 0 Å². The minimum atomic E-state index is -0.275. The van der Waals surface area contributed by atoms with E-state index in [1.807, 2.05) is 12.1 Å². The van der Waals surface area contributed by atoms with Crippen LogP contribution in [0.2, 0.25) is 0 Å². The highest BCUT2D eigenvalue weighted by Crippen LogP contribution is 2.46. The number of carbonyl (C=O) groups excluding carboxylic acids is 1. The molecule has 1 aromatic carbocycles. The van der Waals surface area contributed by atoms with Gasteiger partial charge < -0.3 is 19.7 Å². The number of aliphatic hydroxyl groups excluding tert-OH is 2. The van der Waals surface area contributed by atoms with E-state index in [1.54, 1.807) is 0 Å². The zero-order chi connectivity index (χ0) is 25.5. The third-order valence-corrected chi connectivity index (χ3v) is 9.27. The summed E-state index contributed by atoms with van der Waals surface area (Å²) in [5.74, 6) is 2.47. The largest absolute Gasteiger partial charge is 0.482 e. The molecule has 1 aromatic rings. The van der Waals surface area contributed by atoms with Gasteiger partial charge in [0.15, 0.2) is 6.61 Å². The summed E-state index contributed by atoms with van der Waals surface area (Å²) in [4.78, 5) is 12.5. The van der Waals surface area contributed by atoms with Gasteiger partial charge in [-0.15, -0.1) is 0 Å². The average Bonchev–Trinajstić information content (AvgIpc) is 3.58. The molecule has 2 bridgehead atoms. The van der Waals surface area contributed by atoms with Crippen molar-refractivity contribution in [2.75, 3.05) is 6.61 Å². The van der Waals surface area contributed by atoms with Crippen LogP contribution in [-0.4, -0.2) is 41.1 Å². The van der Waals surface area contributed by atoms with E-state index in [-0.39, 0.29) is 36.8 Å². The van der Waals surface area contributed by atoms with Gasteiger partial charge in [-0.05, 0) is 111 Å². The van der Waals surface area contributed by atoms with E-state index in [1.165, 1.54) is 37.7 Å². The Morgan fingerprint density at radius 1 is 1.08 bits per heavy atom.